The van der Waals surface area contributed by atoms with Crippen molar-refractivity contribution in [1.29, 1.82) is 0 Å². The van der Waals surface area contributed by atoms with E-state index in [9.17, 15) is 0 Å². The number of halogens is 1. The third kappa shape index (κ3) is 3.76. The van der Waals surface area contributed by atoms with Crippen LogP contribution in [0.3, 0.4) is 0 Å². The van der Waals surface area contributed by atoms with Crippen molar-refractivity contribution < 1.29 is 4.74 Å². The Hall–Kier alpha value is -0.610. The van der Waals surface area contributed by atoms with Gasteiger partial charge in [-0.15, -0.1) is 10.2 Å². The fourth-order valence-electron chi connectivity index (χ4n) is 1.43. The van der Waals surface area contributed by atoms with Crippen LogP contribution in [0.5, 0.6) is 0 Å². The monoisotopic (exact) mass is 245 g/mol. The van der Waals surface area contributed by atoms with E-state index in [1.165, 1.54) is 0 Å². The summed E-state index contributed by atoms with van der Waals surface area (Å²) in [6.07, 6.45) is 2.26. The molecule has 5 heteroatoms. The zero-order valence-corrected chi connectivity index (χ0v) is 11.0. The van der Waals surface area contributed by atoms with Crippen LogP contribution in [0.2, 0.25) is 5.28 Å². The van der Waals surface area contributed by atoms with E-state index in [4.69, 9.17) is 16.3 Å². The molecule has 0 unspecified atom stereocenters. The third-order valence-corrected chi connectivity index (χ3v) is 2.63. The van der Waals surface area contributed by atoms with E-state index in [2.05, 4.69) is 31.0 Å². The Balaban J connectivity index is 2.43. The molecule has 0 fully saturated rings. The second kappa shape index (κ2) is 6.86. The Morgan fingerprint density at radius 1 is 1.31 bits per heavy atom. The van der Waals surface area contributed by atoms with Gasteiger partial charge in [-0.25, -0.2) is 0 Å². The average Bonchev–Trinajstić information content (AvgIpc) is 2.60. The van der Waals surface area contributed by atoms with Gasteiger partial charge in [0.15, 0.2) is 0 Å². The van der Waals surface area contributed by atoms with Gasteiger partial charge in [-0.3, -0.25) is 4.57 Å². The van der Waals surface area contributed by atoms with E-state index in [-0.39, 0.29) is 0 Å². The van der Waals surface area contributed by atoms with Crippen molar-refractivity contribution >= 4 is 11.6 Å². The molecule has 0 spiro atoms. The summed E-state index contributed by atoms with van der Waals surface area (Å²) >= 11 is 5.96. The van der Waals surface area contributed by atoms with Crippen molar-refractivity contribution in [2.75, 3.05) is 13.2 Å². The summed E-state index contributed by atoms with van der Waals surface area (Å²) < 4.78 is 7.42. The zero-order valence-electron chi connectivity index (χ0n) is 10.2. The lowest BCUT2D eigenvalue weighted by atomic mass is 10.2. The maximum atomic E-state index is 5.96. The Labute approximate surface area is 102 Å². The predicted octanol–water partition coefficient (Wildman–Crippen LogP) is 2.87. The quantitative estimate of drug-likeness (QED) is 0.694. The van der Waals surface area contributed by atoms with Gasteiger partial charge in [0.05, 0.1) is 13.2 Å². The topological polar surface area (TPSA) is 39.9 Å². The van der Waals surface area contributed by atoms with Gasteiger partial charge in [0.2, 0.25) is 5.28 Å². The van der Waals surface area contributed by atoms with Gasteiger partial charge in [-0.2, -0.15) is 0 Å². The number of nitrogens with zero attached hydrogens (tertiary/aromatic N) is 3. The van der Waals surface area contributed by atoms with Gasteiger partial charge in [-0.1, -0.05) is 27.2 Å². The largest absolute Gasteiger partial charge is 0.380 e. The first-order valence-corrected chi connectivity index (χ1v) is 6.21. The minimum atomic E-state index is 0.329. The number of hydrogen-bond donors (Lipinski definition) is 0. The van der Waals surface area contributed by atoms with Crippen molar-refractivity contribution in [3.8, 4) is 0 Å². The predicted molar refractivity (Wildman–Crippen MR) is 64.8 cm³/mol. The van der Waals surface area contributed by atoms with Crippen molar-refractivity contribution in [2.24, 2.45) is 0 Å². The highest BCUT2D eigenvalue weighted by molar-refractivity contribution is 6.28. The van der Waals surface area contributed by atoms with E-state index < -0.39 is 0 Å². The summed E-state index contributed by atoms with van der Waals surface area (Å²) in [6, 6.07) is 0. The van der Waals surface area contributed by atoms with Crippen molar-refractivity contribution in [3.63, 3.8) is 0 Å². The van der Waals surface area contributed by atoms with E-state index >= 15 is 0 Å². The summed E-state index contributed by atoms with van der Waals surface area (Å²) in [6.45, 7) is 8.51. The van der Waals surface area contributed by atoms with Crippen LogP contribution in [0.1, 0.15) is 45.4 Å². The maximum absolute atomic E-state index is 5.96. The fourth-order valence-corrected chi connectivity index (χ4v) is 1.64. The molecule has 0 N–H and O–H groups in total. The van der Waals surface area contributed by atoms with Crippen LogP contribution in [0.15, 0.2) is 0 Å². The van der Waals surface area contributed by atoms with Gasteiger partial charge < -0.3 is 4.74 Å². The zero-order chi connectivity index (χ0) is 12.0. The number of aromatic nitrogens is 3. The highest BCUT2D eigenvalue weighted by Gasteiger charge is 2.12. The molecule has 1 aromatic heterocycles. The minimum absolute atomic E-state index is 0.329. The first kappa shape index (κ1) is 13.5. The second-order valence-electron chi connectivity index (χ2n) is 4.10. The minimum Gasteiger partial charge on any atom is -0.380 e. The molecule has 0 bridgehead atoms. The highest BCUT2D eigenvalue weighted by atomic mass is 35.5. The van der Waals surface area contributed by atoms with Crippen LogP contribution in [0.4, 0.5) is 0 Å². The Kier molecular flexibility index (Phi) is 5.77. The summed E-state index contributed by atoms with van der Waals surface area (Å²) in [5.41, 5.74) is 0. The molecule has 0 atom stereocenters. The van der Waals surface area contributed by atoms with Crippen molar-refractivity contribution in [3.05, 3.63) is 11.1 Å². The van der Waals surface area contributed by atoms with E-state index in [0.717, 1.165) is 31.8 Å². The third-order valence-electron chi connectivity index (χ3n) is 2.35. The van der Waals surface area contributed by atoms with Gasteiger partial charge in [0.25, 0.3) is 0 Å². The first-order valence-electron chi connectivity index (χ1n) is 5.83. The van der Waals surface area contributed by atoms with Crippen LogP contribution in [0.25, 0.3) is 0 Å². The average molecular weight is 246 g/mol. The standard InChI is InChI=1S/C11H20ClN3O/c1-4-5-7-16-8-6-15-10(9(2)3)13-14-11(15)12/h9H,4-8H2,1-3H3. The molecular weight excluding hydrogens is 226 g/mol. The van der Waals surface area contributed by atoms with E-state index in [1.807, 2.05) is 4.57 Å². The molecule has 0 aliphatic heterocycles. The van der Waals surface area contributed by atoms with Crippen molar-refractivity contribution in [1.82, 2.24) is 14.8 Å². The van der Waals surface area contributed by atoms with Crippen LogP contribution >= 0.6 is 11.6 Å². The van der Waals surface area contributed by atoms with Crippen LogP contribution in [-0.2, 0) is 11.3 Å². The summed E-state index contributed by atoms with van der Waals surface area (Å²) in [7, 11) is 0. The van der Waals surface area contributed by atoms with Crippen LogP contribution < -0.4 is 0 Å². The fraction of sp³-hybridized carbons (Fsp3) is 0.818. The number of hydrogen-bond acceptors (Lipinski definition) is 3. The Morgan fingerprint density at radius 2 is 2.06 bits per heavy atom. The molecule has 92 valence electrons. The Morgan fingerprint density at radius 3 is 2.69 bits per heavy atom. The van der Waals surface area contributed by atoms with Crippen LogP contribution in [-0.4, -0.2) is 28.0 Å². The van der Waals surface area contributed by atoms with E-state index in [0.29, 0.717) is 17.8 Å². The van der Waals surface area contributed by atoms with Crippen molar-refractivity contribution in [2.45, 2.75) is 46.1 Å². The molecule has 0 saturated heterocycles. The molecule has 1 heterocycles. The molecule has 0 saturated carbocycles. The normalized spacial score (nSPS) is 11.3. The number of ether oxygens (including phenoxy) is 1. The SMILES string of the molecule is CCCCOCCn1c(Cl)nnc1C(C)C. The lowest BCUT2D eigenvalue weighted by Crippen LogP contribution is -2.11. The molecule has 0 aromatic carbocycles. The maximum Gasteiger partial charge on any atom is 0.225 e. The molecule has 0 radical (unpaired) electrons. The van der Waals surface area contributed by atoms with Gasteiger partial charge >= 0.3 is 0 Å². The highest BCUT2D eigenvalue weighted by Crippen LogP contribution is 2.16. The molecule has 1 aromatic rings. The molecule has 0 aliphatic rings. The first-order chi connectivity index (χ1) is 7.66. The lowest BCUT2D eigenvalue weighted by molar-refractivity contribution is 0.123. The van der Waals surface area contributed by atoms with Gasteiger partial charge in [0.1, 0.15) is 5.82 Å². The number of unbranched alkanes of at least 4 members (excludes halogenated alkanes) is 1. The molecule has 1 rings (SSSR count). The summed E-state index contributed by atoms with van der Waals surface area (Å²) in [4.78, 5) is 0. The molecule has 0 amide bonds. The number of rotatable bonds is 7. The molecule has 0 aliphatic carbocycles. The van der Waals surface area contributed by atoms with E-state index in [1.54, 1.807) is 0 Å². The lowest BCUT2D eigenvalue weighted by Gasteiger charge is -2.10. The van der Waals surface area contributed by atoms with Gasteiger partial charge in [0, 0.05) is 12.5 Å². The molecular formula is C11H20ClN3O. The molecule has 16 heavy (non-hydrogen) atoms. The van der Waals surface area contributed by atoms with Gasteiger partial charge in [-0.05, 0) is 18.0 Å². The second-order valence-corrected chi connectivity index (χ2v) is 4.44. The summed E-state index contributed by atoms with van der Waals surface area (Å²) in [5.74, 6) is 1.25. The Bertz CT molecular complexity index is 312. The van der Waals surface area contributed by atoms with Crippen LogP contribution in [0, 0.1) is 0 Å². The summed E-state index contributed by atoms with van der Waals surface area (Å²) in [5, 5.41) is 8.38. The smallest absolute Gasteiger partial charge is 0.225 e. The molecule has 4 nitrogen and oxygen atoms in total.